The Morgan fingerprint density at radius 3 is 2.61 bits per heavy atom. The summed E-state index contributed by atoms with van der Waals surface area (Å²) < 4.78 is 27.1. The Hall–Kier alpha value is -2.18. The molecule has 2 heterocycles. The van der Waals surface area contributed by atoms with Crippen LogP contribution >= 0.6 is 0 Å². The third kappa shape index (κ3) is 3.28. The molecule has 0 radical (unpaired) electrons. The van der Waals surface area contributed by atoms with Gasteiger partial charge < -0.3 is 15.1 Å². The molecule has 1 aromatic carbocycles. The van der Waals surface area contributed by atoms with Crippen LogP contribution in [0.25, 0.3) is 0 Å². The Labute approximate surface area is 133 Å². The van der Waals surface area contributed by atoms with Crippen LogP contribution in [-0.4, -0.2) is 48.9 Å². The van der Waals surface area contributed by atoms with Gasteiger partial charge in [-0.1, -0.05) is 6.07 Å². The zero-order chi connectivity index (χ0) is 16.4. The van der Waals surface area contributed by atoms with E-state index in [2.05, 4.69) is 5.32 Å². The van der Waals surface area contributed by atoms with E-state index in [0.29, 0.717) is 39.0 Å². The van der Waals surface area contributed by atoms with Crippen LogP contribution in [0.5, 0.6) is 0 Å². The highest BCUT2D eigenvalue weighted by molar-refractivity contribution is 5.88. The van der Waals surface area contributed by atoms with Crippen LogP contribution in [0.3, 0.4) is 0 Å². The Morgan fingerprint density at radius 1 is 1.17 bits per heavy atom. The minimum Gasteiger partial charge on any atom is -0.366 e. The number of piperidine rings is 1. The number of nitrogens with one attached hydrogen (secondary N) is 1. The lowest BCUT2D eigenvalue weighted by Crippen LogP contribution is -2.56. The van der Waals surface area contributed by atoms with Gasteiger partial charge >= 0.3 is 0 Å². The fourth-order valence-corrected chi connectivity index (χ4v) is 3.12. The molecule has 7 heteroatoms. The van der Waals surface area contributed by atoms with Gasteiger partial charge in [-0.25, -0.2) is 8.78 Å². The van der Waals surface area contributed by atoms with Crippen molar-refractivity contribution >= 4 is 17.5 Å². The largest absolute Gasteiger partial charge is 0.366 e. The maximum atomic E-state index is 13.8. The second-order valence-electron chi connectivity index (χ2n) is 5.90. The summed E-state index contributed by atoms with van der Waals surface area (Å²) in [5.41, 5.74) is 0.225. The van der Waals surface area contributed by atoms with Gasteiger partial charge in [0, 0.05) is 32.6 Å². The normalized spacial score (nSPS) is 22.0. The number of anilines is 1. The number of piperazine rings is 1. The first kappa shape index (κ1) is 15.7. The van der Waals surface area contributed by atoms with E-state index in [1.54, 1.807) is 9.80 Å². The minimum atomic E-state index is -0.870. The fourth-order valence-electron chi connectivity index (χ4n) is 3.12. The van der Waals surface area contributed by atoms with Crippen LogP contribution in [0.2, 0.25) is 0 Å². The molecule has 0 aromatic heterocycles. The number of nitrogens with zero attached hydrogens (tertiary/aromatic N) is 2. The Balaban J connectivity index is 1.61. The molecule has 0 unspecified atom stereocenters. The van der Waals surface area contributed by atoms with Gasteiger partial charge in [0.1, 0.15) is 6.04 Å². The summed E-state index contributed by atoms with van der Waals surface area (Å²) in [6.45, 7) is 1.74. The number of halogens is 2. The average molecular weight is 323 g/mol. The number of benzene rings is 1. The van der Waals surface area contributed by atoms with E-state index in [4.69, 9.17) is 0 Å². The third-order valence-corrected chi connectivity index (χ3v) is 4.39. The molecule has 1 atom stereocenters. The van der Waals surface area contributed by atoms with Crippen molar-refractivity contribution in [3.63, 3.8) is 0 Å². The van der Waals surface area contributed by atoms with Crippen LogP contribution in [0, 0.1) is 11.6 Å². The molecule has 23 heavy (non-hydrogen) atoms. The van der Waals surface area contributed by atoms with Crippen molar-refractivity contribution in [1.29, 1.82) is 0 Å². The van der Waals surface area contributed by atoms with Crippen LogP contribution in [-0.2, 0) is 9.59 Å². The summed E-state index contributed by atoms with van der Waals surface area (Å²) in [5, 5.41) is 2.72. The van der Waals surface area contributed by atoms with Crippen molar-refractivity contribution in [3.05, 3.63) is 29.8 Å². The Kier molecular flexibility index (Phi) is 4.45. The van der Waals surface area contributed by atoms with Crippen molar-refractivity contribution in [2.24, 2.45) is 0 Å². The zero-order valence-electron chi connectivity index (χ0n) is 12.7. The Morgan fingerprint density at radius 2 is 1.91 bits per heavy atom. The molecule has 0 bridgehead atoms. The van der Waals surface area contributed by atoms with Gasteiger partial charge in [0.2, 0.25) is 11.8 Å². The number of carbonyl (C=O) groups is 2. The molecule has 3 rings (SSSR count). The summed E-state index contributed by atoms with van der Waals surface area (Å²) in [4.78, 5) is 27.2. The molecular weight excluding hydrogens is 304 g/mol. The monoisotopic (exact) mass is 323 g/mol. The second-order valence-corrected chi connectivity index (χ2v) is 5.90. The predicted molar refractivity (Wildman–Crippen MR) is 80.9 cm³/mol. The number of carbonyl (C=O) groups excluding carboxylic acids is 2. The van der Waals surface area contributed by atoms with E-state index in [-0.39, 0.29) is 17.5 Å². The minimum absolute atomic E-state index is 0.0857. The van der Waals surface area contributed by atoms with Gasteiger partial charge in [0.05, 0.1) is 5.69 Å². The van der Waals surface area contributed by atoms with Crippen LogP contribution in [0.15, 0.2) is 18.2 Å². The summed E-state index contributed by atoms with van der Waals surface area (Å²) in [6, 6.07) is 3.65. The molecule has 124 valence electrons. The molecule has 2 amide bonds. The van der Waals surface area contributed by atoms with Gasteiger partial charge in [-0.05, 0) is 25.0 Å². The number of hydrogen-bond acceptors (Lipinski definition) is 3. The smallest absolute Gasteiger partial charge is 0.245 e. The van der Waals surface area contributed by atoms with Crippen LogP contribution < -0.4 is 10.2 Å². The zero-order valence-corrected chi connectivity index (χ0v) is 12.7. The highest BCUT2D eigenvalue weighted by atomic mass is 19.2. The van der Waals surface area contributed by atoms with Gasteiger partial charge in [-0.2, -0.15) is 0 Å². The van der Waals surface area contributed by atoms with Gasteiger partial charge in [0.25, 0.3) is 0 Å². The first-order valence-electron chi connectivity index (χ1n) is 7.83. The molecule has 5 nitrogen and oxygen atoms in total. The molecule has 0 spiro atoms. The molecule has 2 aliphatic heterocycles. The average Bonchev–Trinajstić information content (AvgIpc) is 2.57. The van der Waals surface area contributed by atoms with E-state index in [1.165, 1.54) is 12.1 Å². The van der Waals surface area contributed by atoms with Crippen molar-refractivity contribution < 1.29 is 18.4 Å². The lowest BCUT2D eigenvalue weighted by atomic mass is 10.0. The standard InChI is InChI=1S/C16H19F2N3O2/c17-11-3-1-5-13(15(11)18)20-7-9-21(10-8-20)16(23)12-4-2-6-14(22)19-12/h1,3,5,12H,2,4,6-10H2,(H,19,22)/t12-/m1/s1. The number of rotatable bonds is 2. The predicted octanol–water partition coefficient (Wildman–Crippen LogP) is 1.28. The maximum absolute atomic E-state index is 13.8. The van der Waals surface area contributed by atoms with E-state index >= 15 is 0 Å². The molecule has 2 fully saturated rings. The van der Waals surface area contributed by atoms with E-state index in [0.717, 1.165) is 12.5 Å². The second kappa shape index (κ2) is 6.52. The molecule has 2 aliphatic rings. The maximum Gasteiger partial charge on any atom is 0.245 e. The first-order valence-corrected chi connectivity index (χ1v) is 7.83. The molecule has 2 saturated heterocycles. The van der Waals surface area contributed by atoms with Gasteiger partial charge in [-0.3, -0.25) is 9.59 Å². The summed E-state index contributed by atoms with van der Waals surface area (Å²) in [6.07, 6.45) is 1.84. The molecule has 0 saturated carbocycles. The third-order valence-electron chi connectivity index (χ3n) is 4.39. The first-order chi connectivity index (χ1) is 11.1. The molecule has 1 aromatic rings. The molecule has 0 aliphatic carbocycles. The highest BCUT2D eigenvalue weighted by Gasteiger charge is 2.31. The quantitative estimate of drug-likeness (QED) is 0.892. The topological polar surface area (TPSA) is 52.7 Å². The lowest BCUT2D eigenvalue weighted by Gasteiger charge is -2.38. The number of amides is 2. The number of hydrogen-bond donors (Lipinski definition) is 1. The summed E-state index contributed by atoms with van der Waals surface area (Å²) >= 11 is 0. The molecular formula is C16H19F2N3O2. The highest BCUT2D eigenvalue weighted by Crippen LogP contribution is 2.23. The Bertz CT molecular complexity index is 615. The van der Waals surface area contributed by atoms with Crippen molar-refractivity contribution in [3.8, 4) is 0 Å². The summed E-state index contributed by atoms with van der Waals surface area (Å²) in [7, 11) is 0. The van der Waals surface area contributed by atoms with E-state index in [9.17, 15) is 18.4 Å². The van der Waals surface area contributed by atoms with E-state index in [1.807, 2.05) is 0 Å². The van der Waals surface area contributed by atoms with Crippen molar-refractivity contribution in [2.45, 2.75) is 25.3 Å². The van der Waals surface area contributed by atoms with E-state index < -0.39 is 17.7 Å². The van der Waals surface area contributed by atoms with Crippen LogP contribution in [0.4, 0.5) is 14.5 Å². The van der Waals surface area contributed by atoms with Crippen molar-refractivity contribution in [2.75, 3.05) is 31.1 Å². The van der Waals surface area contributed by atoms with Gasteiger partial charge in [0.15, 0.2) is 11.6 Å². The van der Waals surface area contributed by atoms with Crippen molar-refractivity contribution in [1.82, 2.24) is 10.2 Å². The fraction of sp³-hybridized carbons (Fsp3) is 0.500. The van der Waals surface area contributed by atoms with Gasteiger partial charge in [-0.15, -0.1) is 0 Å². The SMILES string of the molecule is O=C1CCC[C@H](C(=O)N2CCN(c3cccc(F)c3F)CC2)N1. The summed E-state index contributed by atoms with van der Waals surface area (Å²) in [5.74, 6) is -1.90. The van der Waals surface area contributed by atoms with Crippen LogP contribution in [0.1, 0.15) is 19.3 Å². The molecule has 1 N–H and O–H groups in total. The lowest BCUT2D eigenvalue weighted by molar-refractivity contribution is -0.138.